The highest BCUT2D eigenvalue weighted by Gasteiger charge is 2.53. The van der Waals surface area contributed by atoms with Crippen LogP contribution in [0.1, 0.15) is 232 Å². The van der Waals surface area contributed by atoms with Crippen molar-refractivity contribution >= 4 is 5.91 Å². The zero-order chi connectivity index (χ0) is 57.6. The van der Waals surface area contributed by atoms with Crippen LogP contribution in [0.2, 0.25) is 0 Å². The van der Waals surface area contributed by atoms with Crippen molar-refractivity contribution in [2.45, 2.75) is 336 Å². The van der Waals surface area contributed by atoms with Crippen LogP contribution in [0, 0.1) is 0 Å². The Morgan fingerprint density at radius 1 is 0.443 bits per heavy atom. The van der Waals surface area contributed by atoms with E-state index in [0.717, 1.165) is 32.1 Å². The first-order valence-electron chi connectivity index (χ1n) is 31.4. The molecule has 3 fully saturated rings. The van der Waals surface area contributed by atoms with Crippen molar-refractivity contribution in [3.8, 4) is 0 Å². The lowest BCUT2D eigenvalue weighted by atomic mass is 9.96. The summed E-state index contributed by atoms with van der Waals surface area (Å²) in [6, 6.07) is -0.878. The van der Waals surface area contributed by atoms with Gasteiger partial charge in [0.25, 0.3) is 0 Å². The maximum absolute atomic E-state index is 13.2. The molecule has 0 aromatic heterocycles. The van der Waals surface area contributed by atoms with Crippen LogP contribution in [0.3, 0.4) is 0 Å². The quantitative estimate of drug-likeness (QED) is 0.0240. The highest BCUT2D eigenvalue weighted by Crippen LogP contribution is 2.33. The van der Waals surface area contributed by atoms with Crippen LogP contribution >= 0.6 is 0 Å². The van der Waals surface area contributed by atoms with Crippen LogP contribution in [-0.2, 0) is 33.2 Å². The second-order valence-corrected chi connectivity index (χ2v) is 22.9. The van der Waals surface area contributed by atoms with E-state index >= 15 is 0 Å². The van der Waals surface area contributed by atoms with Crippen molar-refractivity contribution in [3.05, 3.63) is 12.2 Å². The summed E-state index contributed by atoms with van der Waals surface area (Å²) in [5.74, 6) is -0.251. The lowest BCUT2D eigenvalue weighted by Crippen LogP contribution is -2.66. The summed E-state index contributed by atoms with van der Waals surface area (Å²) in [4.78, 5) is 13.2. The van der Waals surface area contributed by atoms with Gasteiger partial charge in [0, 0.05) is 6.42 Å². The molecule has 3 aliphatic rings. The number of unbranched alkanes of at least 4 members (excludes halogenated alkanes) is 29. The molecule has 466 valence electrons. The van der Waals surface area contributed by atoms with Gasteiger partial charge in [0.15, 0.2) is 18.9 Å². The van der Waals surface area contributed by atoms with Crippen LogP contribution in [0.15, 0.2) is 12.2 Å². The predicted molar refractivity (Wildman–Crippen MR) is 300 cm³/mol. The molecule has 0 aliphatic carbocycles. The van der Waals surface area contributed by atoms with Gasteiger partial charge in [0.2, 0.25) is 5.91 Å². The van der Waals surface area contributed by atoms with Gasteiger partial charge in [-0.2, -0.15) is 0 Å². The Bertz CT molecular complexity index is 1500. The molecular weight excluding hydrogens is 1020 g/mol. The Labute approximate surface area is 474 Å². The van der Waals surface area contributed by atoms with E-state index in [9.17, 15) is 61.0 Å². The summed E-state index contributed by atoms with van der Waals surface area (Å²) in [6.07, 6.45) is 18.9. The molecule has 79 heavy (non-hydrogen) atoms. The van der Waals surface area contributed by atoms with Crippen LogP contribution in [0.25, 0.3) is 0 Å². The third-order valence-corrected chi connectivity index (χ3v) is 16.1. The van der Waals surface area contributed by atoms with E-state index in [1.807, 2.05) is 6.92 Å². The molecule has 3 aliphatic heterocycles. The minimum atomic E-state index is -1.97. The number of rotatable bonds is 47. The van der Waals surface area contributed by atoms with Crippen molar-refractivity contribution in [3.63, 3.8) is 0 Å². The number of ether oxygens (including phenoxy) is 6. The van der Waals surface area contributed by atoms with Crippen LogP contribution in [0.4, 0.5) is 0 Å². The average Bonchev–Trinajstić information content (AvgIpc) is 3.55. The first-order chi connectivity index (χ1) is 38.3. The summed E-state index contributed by atoms with van der Waals surface area (Å²) in [7, 11) is 0. The molecule has 0 spiro atoms. The topological polar surface area (TPSA) is 307 Å². The molecule has 0 saturated carbocycles. The molecule has 0 aromatic carbocycles. The average molecular weight is 1140 g/mol. The van der Waals surface area contributed by atoms with E-state index in [1.54, 1.807) is 0 Å². The Kier molecular flexibility index (Phi) is 40.1. The van der Waals surface area contributed by atoms with Crippen molar-refractivity contribution < 1.29 is 89.4 Å². The van der Waals surface area contributed by atoms with E-state index in [0.29, 0.717) is 19.3 Å². The standard InChI is InChI=1S/C60H113NO18/c1-3-5-7-8-9-10-11-12-13-14-15-16-17-18-19-20-21-22-23-24-25-26-27-28-29-30-31-32-33-34-36-38-48(66)61-43(44(65)37-35-6-4-2)42-74-58-54(72)51(69)56(46(40-63)76-58)79-60-55(73)52(70)57(47(41-64)77-60)78-59-53(71)50(68)49(67)45(39-62)75-59/h14-15,43-47,49-60,62-65,67-73H,3-13,16-42H2,1-2H3,(H,61,66)/b15-14-. The van der Waals surface area contributed by atoms with E-state index in [4.69, 9.17) is 28.4 Å². The van der Waals surface area contributed by atoms with Gasteiger partial charge in [0.1, 0.15) is 73.2 Å². The molecule has 19 heteroatoms. The fourth-order valence-corrected chi connectivity index (χ4v) is 10.9. The van der Waals surface area contributed by atoms with Crippen molar-refractivity contribution in [1.29, 1.82) is 0 Å². The van der Waals surface area contributed by atoms with Gasteiger partial charge in [-0.1, -0.05) is 199 Å². The molecule has 0 radical (unpaired) electrons. The number of amides is 1. The molecule has 1 amide bonds. The van der Waals surface area contributed by atoms with E-state index in [-0.39, 0.29) is 18.9 Å². The molecule has 17 atom stereocenters. The normalized spacial score (nSPS) is 30.3. The largest absolute Gasteiger partial charge is 0.394 e. The third kappa shape index (κ3) is 27.9. The number of nitrogens with one attached hydrogen (secondary N) is 1. The number of allylic oxidation sites excluding steroid dienone is 2. The number of hydrogen-bond acceptors (Lipinski definition) is 18. The van der Waals surface area contributed by atoms with Gasteiger partial charge in [-0.15, -0.1) is 0 Å². The van der Waals surface area contributed by atoms with Crippen molar-refractivity contribution in [1.82, 2.24) is 5.32 Å². The van der Waals surface area contributed by atoms with E-state index in [1.165, 1.54) is 161 Å². The number of aliphatic hydroxyl groups excluding tert-OH is 11. The number of carbonyl (C=O) groups excluding carboxylic acids is 1. The molecule has 12 N–H and O–H groups in total. The van der Waals surface area contributed by atoms with Gasteiger partial charge in [-0.3, -0.25) is 4.79 Å². The van der Waals surface area contributed by atoms with Gasteiger partial charge in [-0.25, -0.2) is 0 Å². The van der Waals surface area contributed by atoms with Gasteiger partial charge in [-0.05, 0) is 38.5 Å². The minimum Gasteiger partial charge on any atom is -0.394 e. The summed E-state index contributed by atoms with van der Waals surface area (Å²) < 4.78 is 34.0. The van der Waals surface area contributed by atoms with Crippen LogP contribution in [-0.4, -0.2) is 193 Å². The minimum absolute atomic E-state index is 0.251. The SMILES string of the molecule is CCCCCCCCCC/C=C\CCCCCCCCCCCCCCCCCCCCCC(=O)NC(COC1OC(CO)C(OC2OC(CO)C(OC3OC(CO)C(O)C(O)C3O)C(O)C2O)C(O)C1O)C(O)CCCCC. The summed E-state index contributed by atoms with van der Waals surface area (Å²) in [6.45, 7) is 1.61. The summed E-state index contributed by atoms with van der Waals surface area (Å²) in [5.41, 5.74) is 0. The Morgan fingerprint density at radius 2 is 0.797 bits per heavy atom. The smallest absolute Gasteiger partial charge is 0.220 e. The molecular formula is C60H113NO18. The Hall–Kier alpha value is -1.47. The van der Waals surface area contributed by atoms with Crippen molar-refractivity contribution in [2.75, 3.05) is 26.4 Å². The summed E-state index contributed by atoms with van der Waals surface area (Å²) in [5, 5.41) is 119. The first-order valence-corrected chi connectivity index (χ1v) is 31.4. The lowest BCUT2D eigenvalue weighted by molar-refractivity contribution is -0.379. The van der Waals surface area contributed by atoms with E-state index < -0.39 is 124 Å². The maximum atomic E-state index is 13.2. The highest BCUT2D eigenvalue weighted by atomic mass is 16.8. The molecule has 3 rings (SSSR count). The fourth-order valence-electron chi connectivity index (χ4n) is 10.9. The number of hydrogen-bond donors (Lipinski definition) is 12. The molecule has 3 saturated heterocycles. The van der Waals surface area contributed by atoms with Crippen LogP contribution in [0.5, 0.6) is 0 Å². The zero-order valence-electron chi connectivity index (χ0n) is 48.6. The lowest BCUT2D eigenvalue weighted by Gasteiger charge is -2.48. The third-order valence-electron chi connectivity index (χ3n) is 16.1. The van der Waals surface area contributed by atoms with E-state index in [2.05, 4.69) is 24.4 Å². The number of carbonyl (C=O) groups is 1. The van der Waals surface area contributed by atoms with Gasteiger partial charge in [0.05, 0.1) is 38.6 Å². The Balaban J connectivity index is 1.26. The van der Waals surface area contributed by atoms with Crippen molar-refractivity contribution in [2.24, 2.45) is 0 Å². The van der Waals surface area contributed by atoms with Gasteiger partial charge >= 0.3 is 0 Å². The molecule has 17 unspecified atom stereocenters. The van der Waals surface area contributed by atoms with Gasteiger partial charge < -0.3 is 89.9 Å². The molecule has 19 nitrogen and oxygen atoms in total. The first kappa shape index (κ1) is 71.8. The zero-order valence-corrected chi connectivity index (χ0v) is 48.6. The molecule has 0 bridgehead atoms. The molecule has 3 heterocycles. The molecule has 0 aromatic rings. The van der Waals surface area contributed by atoms with Crippen LogP contribution < -0.4 is 5.32 Å². The number of aliphatic hydroxyl groups is 11. The Morgan fingerprint density at radius 3 is 1.23 bits per heavy atom. The monoisotopic (exact) mass is 1140 g/mol. The second kappa shape index (κ2) is 44.1. The fraction of sp³-hybridized carbons (Fsp3) is 0.950. The highest BCUT2D eigenvalue weighted by molar-refractivity contribution is 5.76. The predicted octanol–water partition coefficient (Wildman–Crippen LogP) is 6.16. The second-order valence-electron chi connectivity index (χ2n) is 22.9. The summed E-state index contributed by atoms with van der Waals surface area (Å²) >= 11 is 0. The maximum Gasteiger partial charge on any atom is 0.220 e.